The largest absolute Gasteiger partial charge is 0.394 e. The van der Waals surface area contributed by atoms with E-state index in [2.05, 4.69) is 4.74 Å². The van der Waals surface area contributed by atoms with Gasteiger partial charge in [-0.25, -0.2) is 0 Å². The second-order valence-corrected chi connectivity index (χ2v) is 4.67. The van der Waals surface area contributed by atoms with Gasteiger partial charge in [0.25, 0.3) is 5.79 Å². The van der Waals surface area contributed by atoms with Crippen LogP contribution in [0.5, 0.6) is 0 Å². The Kier molecular flexibility index (Phi) is 3.32. The van der Waals surface area contributed by atoms with Crippen LogP contribution in [-0.4, -0.2) is 78.7 Å². The molecule has 0 amide bonds. The maximum Gasteiger partial charge on any atom is 0.267 e. The third-order valence-corrected chi connectivity index (χ3v) is 3.53. The predicted octanol–water partition coefficient (Wildman–Crippen LogP) is -3.34. The van der Waals surface area contributed by atoms with Gasteiger partial charge in [-0.2, -0.15) is 0 Å². The zero-order valence-electron chi connectivity index (χ0n) is 13.9. The summed E-state index contributed by atoms with van der Waals surface area (Å²) >= 11 is 0. The van der Waals surface area contributed by atoms with E-state index in [-0.39, 0.29) is 0 Å². The van der Waals surface area contributed by atoms with Gasteiger partial charge in [0.05, 0.1) is 6.61 Å². The highest BCUT2D eigenvalue weighted by Gasteiger charge is 2.77. The minimum absolute atomic E-state index is 1.15. The van der Waals surface area contributed by atoms with Crippen molar-refractivity contribution in [3.05, 3.63) is 0 Å². The molecule has 0 radical (unpaired) electrons. The Morgan fingerprint density at radius 2 is 1.62 bits per heavy atom. The molecule has 1 aliphatic heterocycles. The van der Waals surface area contributed by atoms with Crippen LogP contribution in [0.3, 0.4) is 0 Å². The normalized spacial score (nSPS) is 45.3. The fourth-order valence-electron chi connectivity index (χ4n) is 2.28. The van der Waals surface area contributed by atoms with Crippen molar-refractivity contribution in [2.24, 2.45) is 0 Å². The Balaban J connectivity index is 3.81. The first-order valence-corrected chi connectivity index (χ1v) is 5.64. The molecule has 0 saturated carbocycles. The van der Waals surface area contributed by atoms with E-state index in [4.69, 9.17) is 4.11 Å². The lowest BCUT2D eigenvalue weighted by atomic mass is 9.64. The van der Waals surface area contributed by atoms with Crippen molar-refractivity contribution in [3.8, 4) is 0 Å². The van der Waals surface area contributed by atoms with Crippen LogP contribution in [0, 0.1) is 0 Å². The van der Waals surface area contributed by atoms with Crippen LogP contribution < -0.4 is 0 Å². The molecule has 1 unspecified atom stereocenters. The van der Waals surface area contributed by atoms with E-state index in [9.17, 15) is 39.9 Å². The molecule has 1 aliphatic rings. The molecule has 0 aromatic heterocycles. The summed E-state index contributed by atoms with van der Waals surface area (Å²) in [5, 5.41) is 50.9. The Labute approximate surface area is 124 Å². The SMILES string of the molecule is [2H]CC(=O)C1(O)O[C@H](CO)[C@@H](O)[C@@](O)(C(=O)C[2H])[C@@]1(O)C(=O)C[2H]. The van der Waals surface area contributed by atoms with Crippen LogP contribution in [0.4, 0.5) is 0 Å². The summed E-state index contributed by atoms with van der Waals surface area (Å²) < 4.78 is 25.8. The van der Waals surface area contributed by atoms with E-state index in [1.54, 1.807) is 0 Å². The highest BCUT2D eigenvalue weighted by atomic mass is 16.7. The van der Waals surface area contributed by atoms with Crippen molar-refractivity contribution in [3.63, 3.8) is 0 Å². The molecule has 5 N–H and O–H groups in total. The van der Waals surface area contributed by atoms with E-state index < -0.39 is 73.9 Å². The molecule has 120 valence electrons. The molecule has 0 bridgehead atoms. The molecule has 9 heteroatoms. The lowest BCUT2D eigenvalue weighted by molar-refractivity contribution is -0.374. The number of hydrogen-bond acceptors (Lipinski definition) is 9. The van der Waals surface area contributed by atoms with Crippen LogP contribution in [0.1, 0.15) is 24.8 Å². The van der Waals surface area contributed by atoms with Gasteiger partial charge in [-0.1, -0.05) is 0 Å². The molecule has 0 spiro atoms. The monoisotopic (exact) mass is 309 g/mol. The number of ether oxygens (including phenoxy) is 1. The Morgan fingerprint density at radius 3 is 2.05 bits per heavy atom. The summed E-state index contributed by atoms with van der Waals surface area (Å²) in [6.07, 6.45) is -4.50. The van der Waals surface area contributed by atoms with Gasteiger partial charge in [-0.05, 0) is 13.8 Å². The lowest BCUT2D eigenvalue weighted by Gasteiger charge is -2.55. The molecule has 1 rings (SSSR count). The molecule has 0 aromatic carbocycles. The minimum Gasteiger partial charge on any atom is -0.394 e. The third-order valence-electron chi connectivity index (χ3n) is 3.53. The van der Waals surface area contributed by atoms with Crippen molar-refractivity contribution >= 4 is 17.3 Å². The van der Waals surface area contributed by atoms with E-state index in [0.29, 0.717) is 0 Å². The van der Waals surface area contributed by atoms with Crippen molar-refractivity contribution in [2.45, 2.75) is 49.9 Å². The maximum atomic E-state index is 12.1. The smallest absolute Gasteiger partial charge is 0.267 e. The molecule has 0 aliphatic carbocycles. The summed E-state index contributed by atoms with van der Waals surface area (Å²) in [4.78, 5) is 36.0. The number of aliphatic hydroxyl groups excluding tert-OH is 2. The molecular weight excluding hydrogens is 288 g/mol. The molecule has 1 saturated heterocycles. The van der Waals surface area contributed by atoms with Crippen LogP contribution in [0.2, 0.25) is 0 Å². The molecule has 0 aromatic rings. The van der Waals surface area contributed by atoms with Gasteiger partial charge in [0.1, 0.15) is 12.2 Å². The summed E-state index contributed by atoms with van der Waals surface area (Å²) in [5.41, 5.74) is -7.46. The van der Waals surface area contributed by atoms with Crippen LogP contribution in [0.25, 0.3) is 0 Å². The van der Waals surface area contributed by atoms with Gasteiger partial charge in [0, 0.05) is 11.0 Å². The number of hydrogen-bond donors (Lipinski definition) is 5. The molecular formula is C12H18O9. The highest BCUT2D eigenvalue weighted by molar-refractivity contribution is 6.04. The summed E-state index contributed by atoms with van der Waals surface area (Å²) in [6, 6.07) is 0. The third kappa shape index (κ3) is 1.97. The maximum absolute atomic E-state index is 12.1. The Bertz CT molecular complexity index is 544. The topological polar surface area (TPSA) is 162 Å². The average Bonchev–Trinajstić information content (AvgIpc) is 2.60. The Hall–Kier alpha value is -1.23. The van der Waals surface area contributed by atoms with Gasteiger partial charge >= 0.3 is 0 Å². The van der Waals surface area contributed by atoms with Crippen molar-refractivity contribution in [2.75, 3.05) is 6.61 Å². The number of carbonyl (C=O) groups is 3. The first kappa shape index (κ1) is 13.4. The number of aliphatic hydroxyl groups is 5. The van der Waals surface area contributed by atoms with Gasteiger partial charge in [0.15, 0.2) is 23.0 Å². The zero-order valence-corrected chi connectivity index (χ0v) is 10.9. The average molecular weight is 309 g/mol. The fraction of sp³-hybridized carbons (Fsp3) is 0.750. The second-order valence-electron chi connectivity index (χ2n) is 4.67. The number of carbonyl (C=O) groups excluding carboxylic acids is 3. The van der Waals surface area contributed by atoms with Gasteiger partial charge in [-0.3, -0.25) is 14.4 Å². The zero-order chi connectivity index (χ0) is 18.9. The van der Waals surface area contributed by atoms with Crippen molar-refractivity contribution < 1.29 is 48.8 Å². The van der Waals surface area contributed by atoms with E-state index in [0.717, 1.165) is 0 Å². The first-order valence-electron chi connectivity index (χ1n) is 7.76. The lowest BCUT2D eigenvalue weighted by Crippen LogP contribution is -2.85. The molecule has 9 nitrogen and oxygen atoms in total. The fourth-order valence-corrected chi connectivity index (χ4v) is 2.28. The molecule has 1 heterocycles. The summed E-state index contributed by atoms with van der Waals surface area (Å²) in [6.45, 7) is -5.01. The quantitative estimate of drug-likeness (QED) is 0.357. The van der Waals surface area contributed by atoms with E-state index in [1.165, 1.54) is 0 Å². The minimum atomic E-state index is -3.84. The van der Waals surface area contributed by atoms with Crippen LogP contribution in [-0.2, 0) is 19.1 Å². The standard InChI is InChI=1S/C12H18O9/c1-5(14)10(18)9(17)8(4-13)21-12(20,7(3)16)11(10,19)6(2)15/h8-9,13,17-20H,4H2,1-3H3/t8-,9-,10+,11+,12?/m1/s1/i1D,2D,3D. The van der Waals surface area contributed by atoms with Crippen LogP contribution in [0.15, 0.2) is 0 Å². The number of ketones is 3. The van der Waals surface area contributed by atoms with Gasteiger partial charge < -0.3 is 30.3 Å². The Morgan fingerprint density at radius 1 is 1.10 bits per heavy atom. The first-order chi connectivity index (χ1) is 11.0. The molecule has 21 heavy (non-hydrogen) atoms. The molecule has 1 fully saturated rings. The van der Waals surface area contributed by atoms with Gasteiger partial charge in [-0.15, -0.1) is 0 Å². The van der Waals surface area contributed by atoms with E-state index >= 15 is 0 Å². The number of Topliss-reactive ketones (excluding diaryl/α,β-unsaturated/α-hetero) is 3. The van der Waals surface area contributed by atoms with Gasteiger partial charge in [0.2, 0.25) is 5.60 Å². The highest BCUT2D eigenvalue weighted by Crippen LogP contribution is 2.45. The molecule has 5 atom stereocenters. The predicted molar refractivity (Wildman–Crippen MR) is 64.9 cm³/mol. The summed E-state index contributed by atoms with van der Waals surface area (Å²) in [5.74, 6) is -8.75. The van der Waals surface area contributed by atoms with Crippen LogP contribution >= 0.6 is 0 Å². The van der Waals surface area contributed by atoms with E-state index in [1.807, 2.05) is 0 Å². The number of rotatable bonds is 4. The summed E-state index contributed by atoms with van der Waals surface area (Å²) in [7, 11) is 0. The van der Waals surface area contributed by atoms with Crippen molar-refractivity contribution in [1.29, 1.82) is 0 Å². The van der Waals surface area contributed by atoms with Crippen molar-refractivity contribution in [1.82, 2.24) is 0 Å². The second kappa shape index (κ2) is 5.20.